The van der Waals surface area contributed by atoms with Gasteiger partial charge in [-0.1, -0.05) is 13.2 Å². The van der Waals surface area contributed by atoms with E-state index in [2.05, 4.69) is 10.5 Å². The van der Waals surface area contributed by atoms with Gasteiger partial charge in [-0.05, 0) is 6.26 Å². The molecule has 0 aliphatic rings. The van der Waals surface area contributed by atoms with Gasteiger partial charge in [0, 0.05) is 18.6 Å². The van der Waals surface area contributed by atoms with Gasteiger partial charge >= 0.3 is 0 Å². The van der Waals surface area contributed by atoms with Crippen molar-refractivity contribution in [1.82, 2.24) is 0 Å². The van der Waals surface area contributed by atoms with Gasteiger partial charge in [0.05, 0.1) is 0 Å². The Labute approximate surface area is 54.6 Å². The van der Waals surface area contributed by atoms with Crippen molar-refractivity contribution < 1.29 is 23.0 Å². The van der Waals surface area contributed by atoms with Crippen molar-refractivity contribution in [3.63, 3.8) is 0 Å². The van der Waals surface area contributed by atoms with E-state index in [1.165, 1.54) is 6.26 Å². The Bertz CT molecular complexity index is 112. The maximum Gasteiger partial charge on any atom is 0 e. The molecule has 1 nitrogen and oxygen atoms in total. The molecule has 0 saturated heterocycles. The van der Waals surface area contributed by atoms with Crippen molar-refractivity contribution in [2.24, 2.45) is 0 Å². The van der Waals surface area contributed by atoms with Crippen molar-refractivity contribution in [1.29, 1.82) is 0 Å². The number of aryl methyl sites for hydroxylation is 1. The van der Waals surface area contributed by atoms with Crippen molar-refractivity contribution in [3.05, 3.63) is 24.2 Å². The zero-order chi connectivity index (χ0) is 4.41. The summed E-state index contributed by atoms with van der Waals surface area (Å²) >= 11 is 0. The predicted molar refractivity (Wildman–Crippen MR) is 22.3 cm³/mol. The fraction of sp³-hybridized carbons (Fsp3) is 0.200. The Balaban J connectivity index is 0.000000360. The second-order valence-electron chi connectivity index (χ2n) is 1.20. The summed E-state index contributed by atoms with van der Waals surface area (Å²) in [4.78, 5) is 0. The van der Waals surface area contributed by atoms with E-state index in [0.717, 1.165) is 5.56 Å². The van der Waals surface area contributed by atoms with Crippen LogP contribution >= 0.6 is 0 Å². The Kier molecular flexibility index (Phi) is 2.89. The zero-order valence-electron chi connectivity index (χ0n) is 4.01. The standard InChI is InChI=1S/C5H5O.V/c1-5-2-3-6-4-5;/h3-4H,1H3;/q-1;. The topological polar surface area (TPSA) is 13.1 Å². The van der Waals surface area contributed by atoms with Gasteiger partial charge in [-0.25, -0.2) is 6.07 Å². The molecule has 0 amide bonds. The Hall–Kier alpha value is -0.136. The van der Waals surface area contributed by atoms with E-state index in [1.807, 2.05) is 6.92 Å². The molecule has 2 heteroatoms. The van der Waals surface area contributed by atoms with Crippen LogP contribution in [0.4, 0.5) is 0 Å². The Morgan fingerprint density at radius 2 is 2.43 bits per heavy atom. The molecular weight excluding hydrogens is 127 g/mol. The maximum atomic E-state index is 4.66. The van der Waals surface area contributed by atoms with Crippen LogP contribution in [0.5, 0.6) is 0 Å². The number of rotatable bonds is 0. The molecule has 1 aromatic rings. The minimum Gasteiger partial charge on any atom is -0.576 e. The molecule has 0 bridgehead atoms. The fourth-order valence-corrected chi connectivity index (χ4v) is 0.297. The van der Waals surface area contributed by atoms with Crippen molar-refractivity contribution in [3.8, 4) is 0 Å². The van der Waals surface area contributed by atoms with E-state index in [0.29, 0.717) is 0 Å². The van der Waals surface area contributed by atoms with Crippen LogP contribution in [0.1, 0.15) is 5.56 Å². The molecule has 1 aromatic heterocycles. The average molecular weight is 132 g/mol. The molecule has 0 N–H and O–H groups in total. The van der Waals surface area contributed by atoms with Crippen LogP contribution in [0.2, 0.25) is 0 Å². The summed E-state index contributed by atoms with van der Waals surface area (Å²) in [5, 5.41) is 0. The van der Waals surface area contributed by atoms with E-state index < -0.39 is 0 Å². The average Bonchev–Trinajstić information content (AvgIpc) is 1.86. The molecule has 1 rings (SSSR count). The molecule has 37 valence electrons. The first-order chi connectivity index (χ1) is 2.89. The smallest absolute Gasteiger partial charge is 0 e. The monoisotopic (exact) mass is 132 g/mol. The molecule has 7 heavy (non-hydrogen) atoms. The predicted octanol–water partition coefficient (Wildman–Crippen LogP) is 1.39. The molecule has 0 atom stereocenters. The normalized spacial score (nSPS) is 7.57. The summed E-state index contributed by atoms with van der Waals surface area (Å²) in [7, 11) is 0. The molecule has 1 heterocycles. The van der Waals surface area contributed by atoms with E-state index in [-0.39, 0.29) is 18.6 Å². The van der Waals surface area contributed by atoms with Gasteiger partial charge in [0.15, 0.2) is 0 Å². The Morgan fingerprint density at radius 1 is 1.71 bits per heavy atom. The second-order valence-corrected chi connectivity index (χ2v) is 1.20. The van der Waals surface area contributed by atoms with E-state index >= 15 is 0 Å². The number of hydrogen-bond donors (Lipinski definition) is 0. The van der Waals surface area contributed by atoms with Crippen molar-refractivity contribution >= 4 is 0 Å². The summed E-state index contributed by atoms with van der Waals surface area (Å²) in [6.45, 7) is 1.93. The van der Waals surface area contributed by atoms with Gasteiger partial charge in [0.2, 0.25) is 0 Å². The molecule has 0 fully saturated rings. The minimum absolute atomic E-state index is 0. The van der Waals surface area contributed by atoms with Crippen molar-refractivity contribution in [2.45, 2.75) is 6.92 Å². The fourth-order valence-electron chi connectivity index (χ4n) is 0.297. The van der Waals surface area contributed by atoms with Crippen molar-refractivity contribution in [2.75, 3.05) is 0 Å². The van der Waals surface area contributed by atoms with Gasteiger partial charge in [0.25, 0.3) is 0 Å². The van der Waals surface area contributed by atoms with Gasteiger partial charge < -0.3 is 4.42 Å². The van der Waals surface area contributed by atoms with Gasteiger partial charge in [0.1, 0.15) is 0 Å². The second kappa shape index (κ2) is 2.94. The van der Waals surface area contributed by atoms with Crippen LogP contribution in [0, 0.1) is 13.0 Å². The summed E-state index contributed by atoms with van der Waals surface area (Å²) in [5.41, 5.74) is 1.05. The third kappa shape index (κ3) is 1.86. The van der Waals surface area contributed by atoms with Gasteiger partial charge in [-0.3, -0.25) is 0 Å². The molecule has 0 unspecified atom stereocenters. The van der Waals surface area contributed by atoms with Crippen LogP contribution in [-0.4, -0.2) is 0 Å². The molecule has 0 aromatic carbocycles. The van der Waals surface area contributed by atoms with Crippen LogP contribution in [0.25, 0.3) is 0 Å². The van der Waals surface area contributed by atoms with E-state index in [1.54, 1.807) is 6.26 Å². The third-order valence-corrected chi connectivity index (χ3v) is 0.599. The summed E-state index contributed by atoms with van der Waals surface area (Å²) < 4.78 is 4.66. The first-order valence-corrected chi connectivity index (χ1v) is 1.80. The summed E-state index contributed by atoms with van der Waals surface area (Å²) in [6.07, 6.45) is 3.19. The van der Waals surface area contributed by atoms with Crippen LogP contribution < -0.4 is 0 Å². The molecule has 0 saturated carbocycles. The SMILES string of the molecule is Cc1[c-]coc1.[V]. The Morgan fingerprint density at radius 3 is 2.57 bits per heavy atom. The van der Waals surface area contributed by atoms with E-state index in [9.17, 15) is 0 Å². The van der Waals surface area contributed by atoms with Crippen LogP contribution in [0.15, 0.2) is 16.9 Å². The van der Waals surface area contributed by atoms with Gasteiger partial charge in [-0.15, -0.1) is 0 Å². The molecule has 0 aliphatic heterocycles. The third-order valence-electron chi connectivity index (χ3n) is 0.599. The first-order valence-electron chi connectivity index (χ1n) is 1.80. The van der Waals surface area contributed by atoms with E-state index in [4.69, 9.17) is 0 Å². The molecular formula is C5H5OV-. The molecule has 1 radical (unpaired) electrons. The summed E-state index contributed by atoms with van der Waals surface area (Å²) in [6, 6.07) is 2.83. The largest absolute Gasteiger partial charge is 0.576 e. The summed E-state index contributed by atoms with van der Waals surface area (Å²) in [5.74, 6) is 0. The minimum atomic E-state index is 0. The van der Waals surface area contributed by atoms with Gasteiger partial charge in [-0.2, -0.15) is 5.56 Å². The quantitative estimate of drug-likeness (QED) is 0.486. The zero-order valence-corrected chi connectivity index (χ0v) is 5.41. The maximum absolute atomic E-state index is 4.66. The van der Waals surface area contributed by atoms with Crippen LogP contribution in [0.3, 0.4) is 0 Å². The molecule has 0 spiro atoms. The van der Waals surface area contributed by atoms with Crippen LogP contribution in [-0.2, 0) is 18.6 Å². The number of furan rings is 1. The first kappa shape index (κ1) is 6.86. The molecule has 0 aliphatic carbocycles. The number of hydrogen-bond acceptors (Lipinski definition) is 1.